The summed E-state index contributed by atoms with van der Waals surface area (Å²) in [6, 6.07) is 0. The second-order valence-corrected chi connectivity index (χ2v) is 18.5. The van der Waals surface area contributed by atoms with E-state index in [2.05, 4.69) is 27.7 Å². The zero-order chi connectivity index (χ0) is 44.8. The van der Waals surface area contributed by atoms with Crippen LogP contribution in [0.5, 0.6) is 0 Å². The summed E-state index contributed by atoms with van der Waals surface area (Å²) >= 11 is 0. The van der Waals surface area contributed by atoms with E-state index in [9.17, 15) is 34.5 Å². The predicted molar refractivity (Wildman–Crippen MR) is 250 cm³/mol. The molecule has 0 bridgehead atoms. The highest BCUT2D eigenvalue weighted by Gasteiger charge is 2.76. The fourth-order valence-corrected chi connectivity index (χ4v) is 9.70. The third-order valence-electron chi connectivity index (χ3n) is 13.5. The maximum absolute atomic E-state index is 15.0. The molecule has 0 aromatic rings. The number of hydrogen-bond donors (Lipinski definition) is 3. The van der Waals surface area contributed by atoms with Crippen molar-refractivity contribution in [1.29, 1.82) is 0 Å². The average Bonchev–Trinajstić information content (AvgIpc) is 3.22. The summed E-state index contributed by atoms with van der Waals surface area (Å²) in [5.41, 5.74) is -7.43. The van der Waals surface area contributed by atoms with Crippen molar-refractivity contribution in [3.8, 4) is 0 Å². The molecular formula is C52H98O8. The SMILES string of the molecule is CCCCCCCCCCOC(C(=O)O)(C(CCCCCCCCCC)(CCCCCCCCCC)C(=O)O)C(CCCCCCCCCC)(C(=O)O)C(=O)CCCCC. The number of Topliss-reactive ketones (excluding diaryl/α,β-unsaturated/α-hetero) is 1. The van der Waals surface area contributed by atoms with Crippen LogP contribution >= 0.6 is 0 Å². The van der Waals surface area contributed by atoms with Crippen molar-refractivity contribution in [2.24, 2.45) is 10.8 Å². The Labute approximate surface area is 369 Å². The lowest BCUT2D eigenvalue weighted by molar-refractivity contribution is -0.238. The minimum atomic E-state index is -2.77. The molecule has 0 aliphatic carbocycles. The minimum Gasteiger partial charge on any atom is -0.481 e. The summed E-state index contributed by atoms with van der Waals surface area (Å²) < 4.78 is 6.70. The number of carbonyl (C=O) groups is 4. The van der Waals surface area contributed by atoms with Crippen LogP contribution in [0.15, 0.2) is 0 Å². The third kappa shape index (κ3) is 20.9. The van der Waals surface area contributed by atoms with Gasteiger partial charge in [0.1, 0.15) is 5.41 Å². The van der Waals surface area contributed by atoms with E-state index in [0.717, 1.165) is 148 Å². The highest BCUT2D eigenvalue weighted by atomic mass is 16.5. The molecule has 2 atom stereocenters. The van der Waals surface area contributed by atoms with Crippen LogP contribution in [0, 0.1) is 10.8 Å². The molecule has 0 saturated heterocycles. The van der Waals surface area contributed by atoms with Crippen molar-refractivity contribution in [3.05, 3.63) is 0 Å². The summed E-state index contributed by atoms with van der Waals surface area (Å²) in [4.78, 5) is 58.1. The number of rotatable bonds is 47. The van der Waals surface area contributed by atoms with Crippen molar-refractivity contribution in [2.75, 3.05) is 6.61 Å². The molecular weight excluding hydrogens is 753 g/mol. The minimum absolute atomic E-state index is 0.0355. The fourth-order valence-electron chi connectivity index (χ4n) is 9.70. The van der Waals surface area contributed by atoms with Crippen LogP contribution in [0.4, 0.5) is 0 Å². The van der Waals surface area contributed by atoms with Crippen LogP contribution in [0.25, 0.3) is 0 Å². The monoisotopic (exact) mass is 851 g/mol. The number of carbonyl (C=O) groups excluding carboxylic acids is 1. The van der Waals surface area contributed by atoms with Crippen LogP contribution in [0.2, 0.25) is 0 Å². The van der Waals surface area contributed by atoms with Gasteiger partial charge in [-0.3, -0.25) is 14.4 Å². The normalized spacial score (nSPS) is 13.9. The first-order chi connectivity index (χ1) is 29.1. The van der Waals surface area contributed by atoms with Gasteiger partial charge in [0.2, 0.25) is 5.60 Å². The lowest BCUT2D eigenvalue weighted by Gasteiger charge is -2.53. The van der Waals surface area contributed by atoms with Gasteiger partial charge in [0, 0.05) is 13.0 Å². The first-order valence-electron chi connectivity index (χ1n) is 25.9. The van der Waals surface area contributed by atoms with Gasteiger partial charge in [-0.25, -0.2) is 4.79 Å². The van der Waals surface area contributed by atoms with Crippen LogP contribution in [0.1, 0.15) is 285 Å². The number of carboxylic acid groups (broad SMARTS) is 3. The molecule has 0 aromatic carbocycles. The number of aliphatic carboxylic acids is 3. The zero-order valence-corrected chi connectivity index (χ0v) is 40.2. The average molecular weight is 851 g/mol. The topological polar surface area (TPSA) is 138 Å². The first-order valence-corrected chi connectivity index (χ1v) is 25.9. The molecule has 3 N–H and O–H groups in total. The van der Waals surface area contributed by atoms with E-state index < -0.39 is 40.1 Å². The highest BCUT2D eigenvalue weighted by Crippen LogP contribution is 2.57. The molecule has 2 unspecified atom stereocenters. The van der Waals surface area contributed by atoms with Gasteiger partial charge in [-0.1, -0.05) is 247 Å². The lowest BCUT2D eigenvalue weighted by Crippen LogP contribution is -2.73. The zero-order valence-electron chi connectivity index (χ0n) is 40.2. The molecule has 0 heterocycles. The van der Waals surface area contributed by atoms with Crippen molar-refractivity contribution < 1.29 is 39.2 Å². The molecule has 0 rings (SSSR count). The maximum atomic E-state index is 15.0. The molecule has 0 saturated carbocycles. The van der Waals surface area contributed by atoms with E-state index in [4.69, 9.17) is 4.74 Å². The lowest BCUT2D eigenvalue weighted by atomic mass is 9.51. The smallest absolute Gasteiger partial charge is 0.338 e. The summed E-state index contributed by atoms with van der Waals surface area (Å²) in [6.07, 6.45) is 32.0. The molecule has 8 nitrogen and oxygen atoms in total. The molecule has 0 spiro atoms. The van der Waals surface area contributed by atoms with Gasteiger partial charge < -0.3 is 20.1 Å². The largest absolute Gasteiger partial charge is 0.481 e. The van der Waals surface area contributed by atoms with E-state index in [-0.39, 0.29) is 32.3 Å². The Bertz CT molecular complexity index is 1050. The second-order valence-electron chi connectivity index (χ2n) is 18.5. The van der Waals surface area contributed by atoms with Crippen molar-refractivity contribution in [3.63, 3.8) is 0 Å². The van der Waals surface area contributed by atoms with Crippen LogP contribution < -0.4 is 0 Å². The summed E-state index contributed by atoms with van der Waals surface area (Å²) in [6.45, 7) is 10.6. The molecule has 0 aliphatic rings. The third-order valence-corrected chi connectivity index (χ3v) is 13.5. The maximum Gasteiger partial charge on any atom is 0.338 e. The molecule has 0 amide bonds. The molecule has 0 radical (unpaired) electrons. The van der Waals surface area contributed by atoms with Gasteiger partial charge in [-0.2, -0.15) is 0 Å². The van der Waals surface area contributed by atoms with Gasteiger partial charge in [0.25, 0.3) is 0 Å². The van der Waals surface area contributed by atoms with Crippen LogP contribution in [0.3, 0.4) is 0 Å². The summed E-state index contributed by atoms with van der Waals surface area (Å²) in [7, 11) is 0. The van der Waals surface area contributed by atoms with Crippen molar-refractivity contribution >= 4 is 23.7 Å². The van der Waals surface area contributed by atoms with E-state index in [1.807, 2.05) is 6.92 Å². The Balaban J connectivity index is 7.37. The molecule has 8 heteroatoms. The standard InChI is InChI=1S/C52H98O8/c1-6-11-16-20-24-28-32-37-42-50(47(54)55,43-38-33-29-25-21-17-12-7-2)52(49(58)59,60-45-40-35-31-27-23-19-14-9-4)51(48(56)57,46(53)41-36-15-10-5)44-39-34-30-26-22-18-13-8-3/h6-45H2,1-5H3,(H,54,55)(H,56,57)(H,58,59). The quantitative estimate of drug-likeness (QED) is 0.0406. The van der Waals surface area contributed by atoms with Gasteiger partial charge in [-0.15, -0.1) is 0 Å². The first kappa shape index (κ1) is 58.0. The van der Waals surface area contributed by atoms with Gasteiger partial charge in [0.15, 0.2) is 11.2 Å². The van der Waals surface area contributed by atoms with Crippen molar-refractivity contribution in [1.82, 2.24) is 0 Å². The molecule has 0 aliphatic heterocycles. The second kappa shape index (κ2) is 37.6. The van der Waals surface area contributed by atoms with Gasteiger partial charge in [-0.05, 0) is 32.1 Å². The number of hydrogen-bond acceptors (Lipinski definition) is 5. The van der Waals surface area contributed by atoms with Crippen molar-refractivity contribution in [2.45, 2.75) is 291 Å². The molecule has 0 aromatic heterocycles. The molecule has 0 fully saturated rings. The van der Waals surface area contributed by atoms with E-state index >= 15 is 0 Å². The Morgan fingerprint density at radius 2 is 0.650 bits per heavy atom. The Kier molecular flexibility index (Phi) is 36.4. The Morgan fingerprint density at radius 3 is 0.967 bits per heavy atom. The summed E-state index contributed by atoms with van der Waals surface area (Å²) in [5.74, 6) is -5.16. The van der Waals surface area contributed by atoms with E-state index in [0.29, 0.717) is 44.9 Å². The molecule has 60 heavy (non-hydrogen) atoms. The Hall–Kier alpha value is -1.96. The van der Waals surface area contributed by atoms with E-state index in [1.165, 1.54) is 32.1 Å². The summed E-state index contributed by atoms with van der Waals surface area (Å²) in [5, 5.41) is 35.1. The van der Waals surface area contributed by atoms with Crippen LogP contribution in [-0.2, 0) is 23.9 Å². The van der Waals surface area contributed by atoms with Gasteiger partial charge >= 0.3 is 17.9 Å². The highest BCUT2D eigenvalue weighted by molar-refractivity contribution is 6.11. The van der Waals surface area contributed by atoms with Gasteiger partial charge in [0.05, 0.1) is 0 Å². The number of ketones is 1. The van der Waals surface area contributed by atoms with E-state index in [1.54, 1.807) is 0 Å². The van der Waals surface area contributed by atoms with Crippen LogP contribution in [-0.4, -0.2) is 51.2 Å². The predicted octanol–water partition coefficient (Wildman–Crippen LogP) is 15.9. The number of ether oxygens (including phenoxy) is 1. The molecule has 354 valence electrons. The number of unbranched alkanes of at least 4 members (excludes halogenated alkanes) is 30. The fraction of sp³-hybridized carbons (Fsp3) is 0.923. The Morgan fingerprint density at radius 1 is 0.350 bits per heavy atom. The number of carboxylic acids is 3.